The molecule has 3 aromatic rings. The van der Waals surface area contributed by atoms with Crippen LogP contribution in [0, 0.1) is 0 Å². The molecule has 0 aliphatic carbocycles. The van der Waals surface area contributed by atoms with Gasteiger partial charge in [0.05, 0.1) is 18.9 Å². The Bertz CT molecular complexity index is 1040. The van der Waals surface area contributed by atoms with Gasteiger partial charge >= 0.3 is 6.03 Å². The molecule has 0 heterocycles. The third kappa shape index (κ3) is 6.78. The summed E-state index contributed by atoms with van der Waals surface area (Å²) in [6.45, 7) is 1.11. The summed E-state index contributed by atoms with van der Waals surface area (Å²) in [5, 5.41) is 0. The molecule has 6 nitrogen and oxygen atoms in total. The highest BCUT2D eigenvalue weighted by Crippen LogP contribution is 2.22. The summed E-state index contributed by atoms with van der Waals surface area (Å²) in [4.78, 5) is 23.7. The van der Waals surface area contributed by atoms with Gasteiger partial charge in [-0.25, -0.2) is 9.10 Å². The molecule has 166 valence electrons. The first-order valence-electron chi connectivity index (χ1n) is 10.4. The number of anilines is 1. The van der Waals surface area contributed by atoms with Crippen LogP contribution in [0.5, 0.6) is 11.5 Å². The lowest BCUT2D eigenvalue weighted by Gasteiger charge is -2.14. The van der Waals surface area contributed by atoms with Gasteiger partial charge in [-0.05, 0) is 43.5 Å². The summed E-state index contributed by atoms with van der Waals surface area (Å²) in [7, 11) is 0. The Hall–Kier alpha value is -3.45. The largest absolute Gasteiger partial charge is 0.494 e. The normalized spacial score (nSPS) is 10.4. The van der Waals surface area contributed by atoms with E-state index >= 15 is 0 Å². The number of carbonyl (C=O) groups excluding carboxylic acids is 2. The summed E-state index contributed by atoms with van der Waals surface area (Å²) < 4.78 is 12.6. The number of thiol groups is 1. The third-order valence-corrected chi connectivity index (χ3v) is 5.16. The van der Waals surface area contributed by atoms with Crippen molar-refractivity contribution in [2.75, 3.05) is 17.5 Å². The van der Waals surface area contributed by atoms with E-state index in [1.165, 1.54) is 0 Å². The maximum Gasteiger partial charge on any atom is 0.329 e. The van der Waals surface area contributed by atoms with Crippen molar-refractivity contribution in [3.05, 3.63) is 90.0 Å². The number of hydrogen-bond donors (Lipinski definition) is 2. The zero-order valence-electron chi connectivity index (χ0n) is 17.6. The van der Waals surface area contributed by atoms with Gasteiger partial charge in [-0.3, -0.25) is 4.79 Å². The number of rotatable bonds is 11. The Morgan fingerprint density at radius 2 is 1.34 bits per heavy atom. The molecule has 0 aromatic heterocycles. The number of nitrogens with zero attached hydrogens (tertiary/aromatic N) is 1. The van der Waals surface area contributed by atoms with Crippen LogP contribution in [0.1, 0.15) is 35.2 Å². The quantitative estimate of drug-likeness (QED) is 0.237. The van der Waals surface area contributed by atoms with E-state index in [1.54, 1.807) is 42.5 Å². The Labute approximate surface area is 193 Å². The average Bonchev–Trinajstić information content (AvgIpc) is 2.83. The highest BCUT2D eigenvalue weighted by Gasteiger charge is 2.10. The SMILES string of the molecule is NC(=O)N(S)c1cccc(OCCCCCOc2cccc(C(=O)c3ccccc3)c2)c1. The van der Waals surface area contributed by atoms with Gasteiger partial charge in [0.25, 0.3) is 0 Å². The van der Waals surface area contributed by atoms with Crippen molar-refractivity contribution >= 4 is 30.3 Å². The molecule has 0 spiro atoms. The van der Waals surface area contributed by atoms with Crippen molar-refractivity contribution in [2.24, 2.45) is 5.73 Å². The van der Waals surface area contributed by atoms with E-state index in [1.807, 2.05) is 36.4 Å². The number of carbonyl (C=O) groups is 2. The summed E-state index contributed by atoms with van der Waals surface area (Å²) in [6, 6.07) is 22.8. The number of primary amides is 1. The fraction of sp³-hybridized carbons (Fsp3) is 0.200. The summed E-state index contributed by atoms with van der Waals surface area (Å²) >= 11 is 4.05. The number of ether oxygens (including phenoxy) is 2. The van der Waals surface area contributed by atoms with Crippen LogP contribution in [0.4, 0.5) is 10.5 Å². The van der Waals surface area contributed by atoms with E-state index in [0.717, 1.165) is 23.6 Å². The second kappa shape index (κ2) is 11.8. The van der Waals surface area contributed by atoms with E-state index in [-0.39, 0.29) is 5.78 Å². The number of unbranched alkanes of at least 4 members (excludes halogenated alkanes) is 2. The lowest BCUT2D eigenvalue weighted by Crippen LogP contribution is -2.27. The summed E-state index contributed by atoms with van der Waals surface area (Å²) in [5.41, 5.74) is 7.05. The molecule has 2 amide bonds. The minimum Gasteiger partial charge on any atom is -0.494 e. The van der Waals surface area contributed by atoms with Gasteiger partial charge in [0.2, 0.25) is 0 Å². The molecule has 0 aliphatic rings. The molecule has 7 heteroatoms. The zero-order valence-corrected chi connectivity index (χ0v) is 18.5. The number of nitrogens with two attached hydrogens (primary N) is 1. The van der Waals surface area contributed by atoms with Crippen molar-refractivity contribution in [1.29, 1.82) is 0 Å². The molecule has 0 saturated heterocycles. The van der Waals surface area contributed by atoms with Crippen LogP contribution in [0.15, 0.2) is 78.9 Å². The number of urea groups is 1. The fourth-order valence-corrected chi connectivity index (χ4v) is 3.20. The van der Waals surface area contributed by atoms with Crippen molar-refractivity contribution in [2.45, 2.75) is 19.3 Å². The predicted molar refractivity (Wildman–Crippen MR) is 129 cm³/mol. The van der Waals surface area contributed by atoms with Crippen LogP contribution >= 0.6 is 12.8 Å². The highest BCUT2D eigenvalue weighted by molar-refractivity contribution is 7.82. The molecule has 32 heavy (non-hydrogen) atoms. The molecular weight excluding hydrogens is 424 g/mol. The highest BCUT2D eigenvalue weighted by atomic mass is 32.1. The predicted octanol–water partition coefficient (Wildman–Crippen LogP) is 5.28. The van der Waals surface area contributed by atoms with Crippen molar-refractivity contribution in [3.63, 3.8) is 0 Å². The Kier molecular flexibility index (Phi) is 8.57. The molecule has 0 saturated carbocycles. The molecule has 0 fully saturated rings. The second-order valence-electron chi connectivity index (χ2n) is 7.13. The van der Waals surface area contributed by atoms with Crippen molar-refractivity contribution < 1.29 is 19.1 Å². The van der Waals surface area contributed by atoms with E-state index in [9.17, 15) is 9.59 Å². The van der Waals surface area contributed by atoms with Gasteiger partial charge in [-0.1, -0.05) is 61.3 Å². The third-order valence-electron chi connectivity index (χ3n) is 4.73. The van der Waals surface area contributed by atoms with Gasteiger partial charge in [-0.2, -0.15) is 0 Å². The Morgan fingerprint density at radius 1 is 0.750 bits per heavy atom. The second-order valence-corrected chi connectivity index (χ2v) is 7.53. The molecule has 3 aromatic carbocycles. The standard InChI is InChI=1S/C25H26N2O4S/c26-25(29)27(32)21-12-8-14-23(18-21)31-16-6-2-5-15-30-22-13-7-11-20(17-22)24(28)19-9-3-1-4-10-19/h1,3-4,7-14,17-18,32H,2,5-6,15-16H2,(H2,26,29). The number of amides is 2. The summed E-state index contributed by atoms with van der Waals surface area (Å²) in [6.07, 6.45) is 2.66. The lowest BCUT2D eigenvalue weighted by atomic mass is 10.0. The van der Waals surface area contributed by atoms with Crippen LogP contribution in [-0.4, -0.2) is 25.0 Å². The molecule has 0 bridgehead atoms. The van der Waals surface area contributed by atoms with E-state index < -0.39 is 6.03 Å². The van der Waals surface area contributed by atoms with Crippen LogP contribution in [0.3, 0.4) is 0 Å². The van der Waals surface area contributed by atoms with Crippen LogP contribution in [0.25, 0.3) is 0 Å². The monoisotopic (exact) mass is 450 g/mol. The van der Waals surface area contributed by atoms with Gasteiger partial charge in [0.15, 0.2) is 5.78 Å². The van der Waals surface area contributed by atoms with E-state index in [4.69, 9.17) is 15.2 Å². The molecule has 2 N–H and O–H groups in total. The molecule has 0 unspecified atom stereocenters. The van der Waals surface area contributed by atoms with Crippen LogP contribution in [-0.2, 0) is 0 Å². The van der Waals surface area contributed by atoms with Crippen LogP contribution in [0.2, 0.25) is 0 Å². The summed E-state index contributed by atoms with van der Waals surface area (Å²) in [5.74, 6) is 1.32. The van der Waals surface area contributed by atoms with Gasteiger partial charge in [0.1, 0.15) is 11.5 Å². The Morgan fingerprint density at radius 3 is 2.00 bits per heavy atom. The smallest absolute Gasteiger partial charge is 0.329 e. The number of ketones is 1. The first-order chi connectivity index (χ1) is 15.5. The topological polar surface area (TPSA) is 81.9 Å². The fourth-order valence-electron chi connectivity index (χ4n) is 3.08. The van der Waals surface area contributed by atoms with Crippen LogP contribution < -0.4 is 19.5 Å². The van der Waals surface area contributed by atoms with Crippen molar-refractivity contribution in [1.82, 2.24) is 0 Å². The molecule has 0 atom stereocenters. The van der Waals surface area contributed by atoms with Gasteiger partial charge in [-0.15, -0.1) is 0 Å². The molecule has 3 rings (SSSR count). The molecular formula is C25H26N2O4S. The number of hydrogen-bond acceptors (Lipinski definition) is 5. The van der Waals surface area contributed by atoms with E-state index in [2.05, 4.69) is 12.8 Å². The maximum atomic E-state index is 12.6. The number of benzene rings is 3. The van der Waals surface area contributed by atoms with Crippen molar-refractivity contribution in [3.8, 4) is 11.5 Å². The zero-order chi connectivity index (χ0) is 22.8. The van der Waals surface area contributed by atoms with Gasteiger partial charge < -0.3 is 15.2 Å². The Balaban J connectivity index is 1.37. The van der Waals surface area contributed by atoms with E-state index in [0.29, 0.717) is 41.5 Å². The molecule has 0 radical (unpaired) electrons. The molecule has 0 aliphatic heterocycles. The first kappa shape index (κ1) is 23.2. The first-order valence-corrected chi connectivity index (χ1v) is 10.8. The minimum atomic E-state index is -0.652. The maximum absolute atomic E-state index is 12.6. The average molecular weight is 451 g/mol. The lowest BCUT2D eigenvalue weighted by molar-refractivity contribution is 0.103. The minimum absolute atomic E-state index is 0.0193. The van der Waals surface area contributed by atoms with Gasteiger partial charge in [0, 0.05) is 17.2 Å².